The second-order valence-electron chi connectivity index (χ2n) is 5.81. The summed E-state index contributed by atoms with van der Waals surface area (Å²) in [5.41, 5.74) is 1.73. The standard InChI is InChI=1S/C17H27FN2O/c1-4-15-12-21-10-9-20(15)8-7-17(19-3)14-6-5-13(2)16(18)11-14/h5-6,11,15,17,19H,4,7-10,12H2,1-3H3. The highest BCUT2D eigenvalue weighted by molar-refractivity contribution is 5.25. The first-order valence-electron chi connectivity index (χ1n) is 7.90. The molecule has 2 unspecified atom stereocenters. The van der Waals surface area contributed by atoms with E-state index in [2.05, 4.69) is 17.1 Å². The molecule has 0 bridgehead atoms. The molecule has 21 heavy (non-hydrogen) atoms. The van der Waals surface area contributed by atoms with Crippen molar-refractivity contribution in [1.82, 2.24) is 10.2 Å². The third kappa shape index (κ3) is 4.25. The van der Waals surface area contributed by atoms with Gasteiger partial charge in [-0.25, -0.2) is 4.39 Å². The van der Waals surface area contributed by atoms with Crippen molar-refractivity contribution in [1.29, 1.82) is 0 Å². The monoisotopic (exact) mass is 294 g/mol. The van der Waals surface area contributed by atoms with Crippen molar-refractivity contribution >= 4 is 0 Å². The quantitative estimate of drug-likeness (QED) is 0.873. The second-order valence-corrected chi connectivity index (χ2v) is 5.81. The Morgan fingerprint density at radius 3 is 2.95 bits per heavy atom. The number of nitrogens with one attached hydrogen (secondary N) is 1. The number of hydrogen-bond donors (Lipinski definition) is 1. The Labute approximate surface area is 127 Å². The maximum absolute atomic E-state index is 13.7. The molecule has 1 aliphatic heterocycles. The van der Waals surface area contributed by atoms with Crippen molar-refractivity contribution in [3.05, 3.63) is 35.1 Å². The summed E-state index contributed by atoms with van der Waals surface area (Å²) in [7, 11) is 1.94. The number of halogens is 1. The fourth-order valence-electron chi connectivity index (χ4n) is 2.96. The highest BCUT2D eigenvalue weighted by Crippen LogP contribution is 2.21. The van der Waals surface area contributed by atoms with Crippen LogP contribution in [0.5, 0.6) is 0 Å². The molecule has 0 saturated carbocycles. The molecule has 0 aliphatic carbocycles. The van der Waals surface area contributed by atoms with Gasteiger partial charge in [0.25, 0.3) is 0 Å². The van der Waals surface area contributed by atoms with Crippen LogP contribution in [-0.4, -0.2) is 44.3 Å². The van der Waals surface area contributed by atoms with Gasteiger partial charge in [0.1, 0.15) is 5.82 Å². The van der Waals surface area contributed by atoms with Gasteiger partial charge in [-0.1, -0.05) is 19.1 Å². The summed E-state index contributed by atoms with van der Waals surface area (Å²) in [6, 6.07) is 6.26. The number of rotatable bonds is 6. The van der Waals surface area contributed by atoms with Crippen LogP contribution >= 0.6 is 0 Å². The number of ether oxygens (including phenoxy) is 1. The molecule has 1 heterocycles. The fraction of sp³-hybridized carbons (Fsp3) is 0.647. The Balaban J connectivity index is 1.96. The summed E-state index contributed by atoms with van der Waals surface area (Å²) >= 11 is 0. The van der Waals surface area contributed by atoms with Crippen LogP contribution in [0.15, 0.2) is 18.2 Å². The van der Waals surface area contributed by atoms with Crippen LogP contribution in [0.2, 0.25) is 0 Å². The van der Waals surface area contributed by atoms with Crippen LogP contribution in [0, 0.1) is 12.7 Å². The van der Waals surface area contributed by atoms with Gasteiger partial charge in [0.05, 0.1) is 13.2 Å². The van der Waals surface area contributed by atoms with E-state index in [1.54, 1.807) is 13.0 Å². The van der Waals surface area contributed by atoms with Gasteiger partial charge < -0.3 is 10.1 Å². The molecule has 0 spiro atoms. The van der Waals surface area contributed by atoms with E-state index in [4.69, 9.17) is 4.74 Å². The molecule has 0 aromatic heterocycles. The van der Waals surface area contributed by atoms with E-state index in [0.29, 0.717) is 11.6 Å². The Hall–Kier alpha value is -0.970. The Bertz CT molecular complexity index is 452. The van der Waals surface area contributed by atoms with Gasteiger partial charge in [0.15, 0.2) is 0 Å². The molecule has 118 valence electrons. The Kier molecular flexibility index (Phi) is 6.15. The topological polar surface area (TPSA) is 24.5 Å². The molecule has 1 N–H and O–H groups in total. The minimum atomic E-state index is -0.120. The second kappa shape index (κ2) is 7.87. The lowest BCUT2D eigenvalue weighted by Crippen LogP contribution is -2.46. The molecule has 1 fully saturated rings. The zero-order valence-corrected chi connectivity index (χ0v) is 13.4. The molecular weight excluding hydrogens is 267 g/mol. The SMILES string of the molecule is CCC1COCCN1CCC(NC)c1ccc(C)c(F)c1. The van der Waals surface area contributed by atoms with E-state index in [0.717, 1.165) is 44.7 Å². The third-order valence-corrected chi connectivity index (χ3v) is 4.47. The summed E-state index contributed by atoms with van der Waals surface area (Å²) in [6.07, 6.45) is 2.10. The van der Waals surface area contributed by atoms with Crippen LogP contribution in [0.1, 0.15) is 36.9 Å². The largest absolute Gasteiger partial charge is 0.378 e. The number of aryl methyl sites for hydroxylation is 1. The summed E-state index contributed by atoms with van der Waals surface area (Å²) in [4.78, 5) is 2.50. The van der Waals surface area contributed by atoms with Crippen LogP contribution < -0.4 is 5.32 Å². The number of morpholine rings is 1. The van der Waals surface area contributed by atoms with Gasteiger partial charge in [-0.2, -0.15) is 0 Å². The first-order valence-corrected chi connectivity index (χ1v) is 7.90. The number of hydrogen-bond acceptors (Lipinski definition) is 3. The van der Waals surface area contributed by atoms with Crippen molar-refractivity contribution in [2.24, 2.45) is 0 Å². The molecular formula is C17H27FN2O. The lowest BCUT2D eigenvalue weighted by atomic mass is 10.0. The molecule has 1 aliphatic rings. The predicted octanol–water partition coefficient (Wildman–Crippen LogP) is 2.90. The molecule has 1 aromatic carbocycles. The fourth-order valence-corrected chi connectivity index (χ4v) is 2.96. The molecule has 4 heteroatoms. The normalized spacial score (nSPS) is 21.4. The van der Waals surface area contributed by atoms with Gasteiger partial charge in [0.2, 0.25) is 0 Å². The van der Waals surface area contributed by atoms with Crippen molar-refractivity contribution in [3.63, 3.8) is 0 Å². The molecule has 1 saturated heterocycles. The Morgan fingerprint density at radius 2 is 2.29 bits per heavy atom. The van der Waals surface area contributed by atoms with E-state index in [-0.39, 0.29) is 11.9 Å². The lowest BCUT2D eigenvalue weighted by molar-refractivity contribution is -0.00997. The van der Waals surface area contributed by atoms with Crippen LogP contribution in [0.25, 0.3) is 0 Å². The molecule has 0 amide bonds. The molecule has 0 radical (unpaired) electrons. The van der Waals surface area contributed by atoms with E-state index in [1.165, 1.54) is 0 Å². The minimum absolute atomic E-state index is 0.120. The highest BCUT2D eigenvalue weighted by atomic mass is 19.1. The van der Waals surface area contributed by atoms with Crippen LogP contribution in [-0.2, 0) is 4.74 Å². The van der Waals surface area contributed by atoms with Crippen LogP contribution in [0.3, 0.4) is 0 Å². The van der Waals surface area contributed by atoms with Crippen LogP contribution in [0.4, 0.5) is 4.39 Å². The summed E-state index contributed by atoms with van der Waals surface area (Å²) in [5, 5.41) is 3.31. The maximum atomic E-state index is 13.7. The maximum Gasteiger partial charge on any atom is 0.126 e. The number of nitrogens with zero attached hydrogens (tertiary/aromatic N) is 1. The lowest BCUT2D eigenvalue weighted by Gasteiger charge is -2.35. The first kappa shape index (κ1) is 16.4. The molecule has 1 aromatic rings. The van der Waals surface area contributed by atoms with Gasteiger partial charge in [-0.15, -0.1) is 0 Å². The average Bonchev–Trinajstić information content (AvgIpc) is 2.51. The molecule has 2 atom stereocenters. The summed E-state index contributed by atoms with van der Waals surface area (Å²) < 4.78 is 19.3. The predicted molar refractivity (Wildman–Crippen MR) is 84.0 cm³/mol. The third-order valence-electron chi connectivity index (χ3n) is 4.47. The van der Waals surface area contributed by atoms with Crippen molar-refractivity contribution in [2.45, 2.75) is 38.8 Å². The molecule has 3 nitrogen and oxygen atoms in total. The number of benzene rings is 1. The smallest absolute Gasteiger partial charge is 0.126 e. The summed E-state index contributed by atoms with van der Waals surface area (Å²) in [6.45, 7) is 7.67. The van der Waals surface area contributed by atoms with Gasteiger partial charge in [-0.05, 0) is 44.0 Å². The van der Waals surface area contributed by atoms with Crippen molar-refractivity contribution in [2.75, 3.05) is 33.4 Å². The van der Waals surface area contributed by atoms with E-state index in [9.17, 15) is 4.39 Å². The van der Waals surface area contributed by atoms with Gasteiger partial charge in [-0.3, -0.25) is 4.90 Å². The van der Waals surface area contributed by atoms with E-state index < -0.39 is 0 Å². The minimum Gasteiger partial charge on any atom is -0.378 e. The molecule has 2 rings (SSSR count). The van der Waals surface area contributed by atoms with Gasteiger partial charge >= 0.3 is 0 Å². The van der Waals surface area contributed by atoms with Crippen molar-refractivity contribution < 1.29 is 9.13 Å². The zero-order valence-electron chi connectivity index (χ0n) is 13.4. The zero-order chi connectivity index (χ0) is 15.2. The first-order chi connectivity index (χ1) is 10.2. The Morgan fingerprint density at radius 1 is 1.48 bits per heavy atom. The van der Waals surface area contributed by atoms with Gasteiger partial charge in [0, 0.05) is 25.2 Å². The average molecular weight is 294 g/mol. The van der Waals surface area contributed by atoms with E-state index >= 15 is 0 Å². The summed E-state index contributed by atoms with van der Waals surface area (Å²) in [5.74, 6) is -0.120. The van der Waals surface area contributed by atoms with E-state index in [1.807, 2.05) is 19.2 Å². The highest BCUT2D eigenvalue weighted by Gasteiger charge is 2.22. The van der Waals surface area contributed by atoms with Crippen molar-refractivity contribution in [3.8, 4) is 0 Å².